The quantitative estimate of drug-likeness (QED) is 0.557. The first-order valence-electron chi connectivity index (χ1n) is 8.29. The third kappa shape index (κ3) is 3.50. The fraction of sp³-hybridized carbons (Fsp3) is 0.158. The summed E-state index contributed by atoms with van der Waals surface area (Å²) in [6, 6.07) is 15.8. The van der Waals surface area contributed by atoms with Crippen LogP contribution in [0.25, 0.3) is 5.69 Å². The topological polar surface area (TPSA) is 98.0 Å². The molecule has 0 saturated carbocycles. The number of para-hydroxylation sites is 1. The van der Waals surface area contributed by atoms with Gasteiger partial charge in [-0.15, -0.1) is 5.11 Å². The van der Waals surface area contributed by atoms with E-state index in [1.165, 1.54) is 5.01 Å². The molecule has 0 fully saturated rings. The highest BCUT2D eigenvalue weighted by Gasteiger charge is 2.19. The van der Waals surface area contributed by atoms with E-state index in [0.717, 1.165) is 11.4 Å². The Bertz CT molecular complexity index is 1050. The molecule has 0 bridgehead atoms. The van der Waals surface area contributed by atoms with Crippen molar-refractivity contribution in [1.82, 2.24) is 9.36 Å². The zero-order valence-electron chi connectivity index (χ0n) is 15.3. The van der Waals surface area contributed by atoms with E-state index < -0.39 is 5.91 Å². The summed E-state index contributed by atoms with van der Waals surface area (Å²) in [4.78, 5) is 24.0. The Morgan fingerprint density at radius 2 is 1.70 bits per heavy atom. The summed E-state index contributed by atoms with van der Waals surface area (Å²) in [6.07, 6.45) is 0. The average Bonchev–Trinajstić information content (AvgIpc) is 2.89. The number of anilines is 1. The highest BCUT2D eigenvalue weighted by Crippen LogP contribution is 2.19. The van der Waals surface area contributed by atoms with Gasteiger partial charge in [-0.05, 0) is 43.3 Å². The van der Waals surface area contributed by atoms with E-state index in [0.29, 0.717) is 16.9 Å². The smallest absolute Gasteiger partial charge is 0.297 e. The first kappa shape index (κ1) is 18.1. The van der Waals surface area contributed by atoms with Crippen molar-refractivity contribution < 1.29 is 4.79 Å². The van der Waals surface area contributed by atoms with Crippen LogP contribution in [0.15, 0.2) is 69.7 Å². The Hall–Kier alpha value is -3.68. The van der Waals surface area contributed by atoms with Crippen molar-refractivity contribution in [2.24, 2.45) is 23.1 Å². The van der Waals surface area contributed by atoms with Crippen LogP contribution in [0.5, 0.6) is 0 Å². The fourth-order valence-corrected chi connectivity index (χ4v) is 2.78. The van der Waals surface area contributed by atoms with Gasteiger partial charge in [0.15, 0.2) is 0 Å². The lowest BCUT2D eigenvalue weighted by Gasteiger charge is -2.09. The zero-order chi connectivity index (χ0) is 19.6. The van der Waals surface area contributed by atoms with Gasteiger partial charge in [-0.25, -0.2) is 9.69 Å². The number of amides is 1. The molecule has 0 saturated heterocycles. The predicted molar refractivity (Wildman–Crippen MR) is 104 cm³/mol. The Balaban J connectivity index is 1.92. The molecule has 1 aromatic heterocycles. The molecular weight excluding hydrogens is 344 g/mol. The number of nitrogens with zero attached hydrogens (tertiary/aromatic N) is 5. The molecule has 138 valence electrons. The molecule has 0 aliphatic rings. The van der Waals surface area contributed by atoms with Crippen LogP contribution in [0, 0.1) is 6.92 Å². The van der Waals surface area contributed by atoms with Gasteiger partial charge in [0.1, 0.15) is 5.69 Å². The summed E-state index contributed by atoms with van der Waals surface area (Å²) in [5.41, 5.74) is 7.93. The minimum atomic E-state index is -0.503. The largest absolute Gasteiger partial charge is 0.366 e. The van der Waals surface area contributed by atoms with Crippen LogP contribution >= 0.6 is 0 Å². The zero-order valence-corrected chi connectivity index (χ0v) is 15.3. The second-order valence-corrected chi connectivity index (χ2v) is 6.03. The molecule has 3 rings (SSSR count). The van der Waals surface area contributed by atoms with Crippen molar-refractivity contribution in [3.05, 3.63) is 76.2 Å². The molecule has 8 heteroatoms. The molecule has 3 aromatic rings. The van der Waals surface area contributed by atoms with Crippen molar-refractivity contribution in [3.63, 3.8) is 0 Å². The lowest BCUT2D eigenvalue weighted by molar-refractivity contribution is 0.100. The second-order valence-electron chi connectivity index (χ2n) is 6.03. The number of primary amides is 1. The van der Waals surface area contributed by atoms with Crippen molar-refractivity contribution in [2.75, 3.05) is 12.1 Å². The van der Waals surface area contributed by atoms with Crippen LogP contribution in [-0.4, -0.2) is 22.3 Å². The molecule has 0 aliphatic heterocycles. The van der Waals surface area contributed by atoms with Crippen LogP contribution in [0.3, 0.4) is 0 Å². The first-order chi connectivity index (χ1) is 12.9. The van der Waals surface area contributed by atoms with Crippen LogP contribution < -0.4 is 16.3 Å². The molecule has 1 heterocycles. The molecule has 0 atom stereocenters. The Labute approximate surface area is 156 Å². The van der Waals surface area contributed by atoms with Gasteiger partial charge in [-0.2, -0.15) is 0 Å². The van der Waals surface area contributed by atoms with Gasteiger partial charge in [0.2, 0.25) is 5.91 Å². The second kappa shape index (κ2) is 7.28. The van der Waals surface area contributed by atoms with Crippen molar-refractivity contribution >= 4 is 17.3 Å². The maximum atomic E-state index is 12.9. The van der Waals surface area contributed by atoms with E-state index in [1.807, 2.05) is 44.3 Å². The van der Waals surface area contributed by atoms with Crippen molar-refractivity contribution in [3.8, 4) is 5.69 Å². The highest BCUT2D eigenvalue weighted by molar-refractivity contribution is 5.92. The summed E-state index contributed by atoms with van der Waals surface area (Å²) < 4.78 is 3.36. The monoisotopic (exact) mass is 364 g/mol. The number of carbonyl (C=O) groups excluding carboxylic acids is 1. The molecule has 0 radical (unpaired) electrons. The number of hydrogen-bond acceptors (Lipinski definition) is 4. The Morgan fingerprint density at radius 1 is 1.07 bits per heavy atom. The summed E-state index contributed by atoms with van der Waals surface area (Å²) in [5.74, 6) is -0.503. The van der Waals surface area contributed by atoms with Crippen molar-refractivity contribution in [2.45, 2.75) is 6.92 Å². The van der Waals surface area contributed by atoms with Crippen LogP contribution in [-0.2, 0) is 7.05 Å². The number of aromatic nitrogens is 2. The molecule has 2 aromatic carbocycles. The Kier molecular flexibility index (Phi) is 4.89. The van der Waals surface area contributed by atoms with Gasteiger partial charge < -0.3 is 5.73 Å². The first-order valence-corrected chi connectivity index (χ1v) is 8.29. The predicted octanol–water partition coefficient (Wildman–Crippen LogP) is 2.72. The number of benzene rings is 2. The number of rotatable bonds is 5. The molecule has 0 unspecified atom stereocenters. The van der Waals surface area contributed by atoms with E-state index in [1.54, 1.807) is 40.7 Å². The number of carbonyl (C=O) groups is 1. The molecule has 27 heavy (non-hydrogen) atoms. The average molecular weight is 364 g/mol. The van der Waals surface area contributed by atoms with Gasteiger partial charge in [-0.3, -0.25) is 14.3 Å². The summed E-state index contributed by atoms with van der Waals surface area (Å²) >= 11 is 0. The van der Waals surface area contributed by atoms with Gasteiger partial charge in [0.25, 0.3) is 5.56 Å². The number of nitrogens with two attached hydrogens (primary N) is 1. The van der Waals surface area contributed by atoms with Gasteiger partial charge in [-0.1, -0.05) is 23.4 Å². The van der Waals surface area contributed by atoms with E-state index in [9.17, 15) is 9.59 Å². The van der Waals surface area contributed by atoms with Gasteiger partial charge >= 0.3 is 0 Å². The minimum Gasteiger partial charge on any atom is -0.366 e. The van der Waals surface area contributed by atoms with E-state index in [4.69, 9.17) is 5.73 Å². The SMILES string of the molecule is Cc1c(N(C)N=Nc2ccc(C(N)=O)cc2)c(=O)n(-c2ccccc2)n1C. The van der Waals surface area contributed by atoms with Gasteiger partial charge in [0, 0.05) is 19.7 Å². The van der Waals surface area contributed by atoms with Crippen molar-refractivity contribution in [1.29, 1.82) is 0 Å². The fourth-order valence-electron chi connectivity index (χ4n) is 2.78. The minimum absolute atomic E-state index is 0.188. The summed E-state index contributed by atoms with van der Waals surface area (Å²) in [7, 11) is 3.49. The van der Waals surface area contributed by atoms with E-state index in [2.05, 4.69) is 10.3 Å². The maximum absolute atomic E-state index is 12.9. The number of hydrogen-bond donors (Lipinski definition) is 1. The van der Waals surface area contributed by atoms with Crippen LogP contribution in [0.1, 0.15) is 16.1 Å². The van der Waals surface area contributed by atoms with Crippen LogP contribution in [0.2, 0.25) is 0 Å². The highest BCUT2D eigenvalue weighted by atomic mass is 16.1. The third-order valence-corrected chi connectivity index (χ3v) is 4.29. The van der Waals surface area contributed by atoms with Crippen LogP contribution in [0.4, 0.5) is 11.4 Å². The molecular formula is C19H20N6O2. The van der Waals surface area contributed by atoms with E-state index >= 15 is 0 Å². The van der Waals surface area contributed by atoms with Gasteiger partial charge in [0.05, 0.1) is 17.1 Å². The normalized spacial score (nSPS) is 11.1. The maximum Gasteiger partial charge on any atom is 0.297 e. The summed E-state index contributed by atoms with van der Waals surface area (Å²) in [5, 5.41) is 9.69. The standard InChI is InChI=1S/C19H20N6O2/c1-13-17(19(27)25(24(13)3)16-7-5-4-6-8-16)23(2)22-21-15-11-9-14(10-12-15)18(20)26/h4-12H,1-3H3,(H2,20,26). The van der Waals surface area contributed by atoms with E-state index in [-0.39, 0.29) is 5.56 Å². The lowest BCUT2D eigenvalue weighted by atomic mass is 10.2. The lowest BCUT2D eigenvalue weighted by Crippen LogP contribution is -2.23. The molecule has 2 N–H and O–H groups in total. The molecule has 1 amide bonds. The summed E-state index contributed by atoms with van der Waals surface area (Å²) in [6.45, 7) is 1.85. The molecule has 8 nitrogen and oxygen atoms in total. The third-order valence-electron chi connectivity index (χ3n) is 4.29. The molecule has 0 spiro atoms. The molecule has 0 aliphatic carbocycles. The Morgan fingerprint density at radius 3 is 2.30 bits per heavy atom.